The second-order valence-electron chi connectivity index (χ2n) is 5.96. The molecule has 0 amide bonds. The second-order valence-corrected chi connectivity index (χ2v) is 5.96. The van der Waals surface area contributed by atoms with Crippen molar-refractivity contribution in [3.8, 4) is 12.1 Å². The van der Waals surface area contributed by atoms with Crippen molar-refractivity contribution in [2.45, 2.75) is 44.9 Å². The molecule has 0 radical (unpaired) electrons. The van der Waals surface area contributed by atoms with E-state index in [4.69, 9.17) is 5.26 Å². The minimum absolute atomic E-state index is 0.334. The van der Waals surface area contributed by atoms with Crippen LogP contribution in [0.15, 0.2) is 24.3 Å². The number of nitrogens with zero attached hydrogens (tertiary/aromatic N) is 2. The molecule has 0 N–H and O–H groups in total. The van der Waals surface area contributed by atoms with E-state index < -0.39 is 0 Å². The van der Waals surface area contributed by atoms with Crippen molar-refractivity contribution in [1.29, 1.82) is 10.5 Å². The minimum atomic E-state index is -0.334. The molecule has 0 atom stereocenters. The number of hydrogen-bond acceptors (Lipinski definition) is 2. The molecule has 1 fully saturated rings. The molecule has 0 aromatic heterocycles. The van der Waals surface area contributed by atoms with Gasteiger partial charge >= 0.3 is 0 Å². The van der Waals surface area contributed by atoms with Gasteiger partial charge in [0.2, 0.25) is 0 Å². The van der Waals surface area contributed by atoms with E-state index >= 15 is 0 Å². The fourth-order valence-electron chi connectivity index (χ4n) is 3.13. The average molecular weight is 252 g/mol. The van der Waals surface area contributed by atoms with Gasteiger partial charge in [0.15, 0.2) is 0 Å². The standard InChI is InChI=1S/C17H20N2/c1-13(2)15-7-9-17(12-19,10-8-15)16-5-3-14(11-18)4-6-16/h3-6,13,15H,7-10H2,1-2H3. The van der Waals surface area contributed by atoms with Crippen molar-refractivity contribution < 1.29 is 0 Å². The van der Waals surface area contributed by atoms with Crippen molar-refractivity contribution in [1.82, 2.24) is 0 Å². The van der Waals surface area contributed by atoms with Crippen LogP contribution in [0.4, 0.5) is 0 Å². The maximum Gasteiger partial charge on any atom is 0.0991 e. The van der Waals surface area contributed by atoms with Gasteiger partial charge in [-0.15, -0.1) is 0 Å². The molecule has 0 spiro atoms. The molecule has 98 valence electrons. The normalized spacial score (nSPS) is 26.7. The van der Waals surface area contributed by atoms with Gasteiger partial charge in [-0.25, -0.2) is 0 Å². The highest BCUT2D eigenvalue weighted by molar-refractivity contribution is 5.38. The highest BCUT2D eigenvalue weighted by Gasteiger charge is 2.37. The van der Waals surface area contributed by atoms with Crippen LogP contribution >= 0.6 is 0 Å². The van der Waals surface area contributed by atoms with Gasteiger partial charge in [0.05, 0.1) is 23.1 Å². The van der Waals surface area contributed by atoms with Crippen molar-refractivity contribution in [2.24, 2.45) is 11.8 Å². The van der Waals surface area contributed by atoms with Gasteiger partial charge in [-0.2, -0.15) is 10.5 Å². The molecule has 1 aliphatic rings. The lowest BCUT2D eigenvalue weighted by Gasteiger charge is -2.37. The molecule has 0 bridgehead atoms. The van der Waals surface area contributed by atoms with Gasteiger partial charge in [-0.1, -0.05) is 26.0 Å². The lowest BCUT2D eigenvalue weighted by atomic mass is 9.65. The van der Waals surface area contributed by atoms with Gasteiger partial charge in [-0.3, -0.25) is 0 Å². The Hall–Kier alpha value is -1.80. The molecule has 0 heterocycles. The maximum atomic E-state index is 9.63. The summed E-state index contributed by atoms with van der Waals surface area (Å²) in [5, 5.41) is 18.5. The van der Waals surface area contributed by atoms with Crippen LogP contribution in [0.5, 0.6) is 0 Å². The van der Waals surface area contributed by atoms with E-state index in [1.165, 1.54) is 0 Å². The molecule has 1 aromatic rings. The lowest BCUT2D eigenvalue weighted by Crippen LogP contribution is -2.31. The van der Waals surface area contributed by atoms with Crippen molar-refractivity contribution >= 4 is 0 Å². The Morgan fingerprint density at radius 1 is 1.11 bits per heavy atom. The molecule has 2 nitrogen and oxygen atoms in total. The lowest BCUT2D eigenvalue weighted by molar-refractivity contribution is 0.226. The van der Waals surface area contributed by atoms with E-state index in [0.29, 0.717) is 11.5 Å². The van der Waals surface area contributed by atoms with Gasteiger partial charge in [0.25, 0.3) is 0 Å². The Kier molecular flexibility index (Phi) is 3.91. The van der Waals surface area contributed by atoms with Crippen LogP contribution in [0.1, 0.15) is 50.7 Å². The zero-order valence-corrected chi connectivity index (χ0v) is 11.7. The first-order chi connectivity index (χ1) is 9.11. The Balaban J connectivity index is 2.21. The summed E-state index contributed by atoms with van der Waals surface area (Å²) in [5.41, 5.74) is 1.41. The summed E-state index contributed by atoms with van der Waals surface area (Å²) in [7, 11) is 0. The quantitative estimate of drug-likeness (QED) is 0.793. The first-order valence-corrected chi connectivity index (χ1v) is 7.03. The predicted molar refractivity (Wildman–Crippen MR) is 75.2 cm³/mol. The van der Waals surface area contributed by atoms with Gasteiger partial charge < -0.3 is 0 Å². The number of hydrogen-bond donors (Lipinski definition) is 0. The SMILES string of the molecule is CC(C)C1CCC(C#N)(c2ccc(C#N)cc2)CC1. The zero-order chi connectivity index (χ0) is 13.9. The van der Waals surface area contributed by atoms with Crippen molar-refractivity contribution in [2.75, 3.05) is 0 Å². The van der Waals surface area contributed by atoms with Crippen molar-refractivity contribution in [3.63, 3.8) is 0 Å². The fraction of sp³-hybridized carbons (Fsp3) is 0.529. The van der Waals surface area contributed by atoms with Crippen LogP contribution in [0.2, 0.25) is 0 Å². The second kappa shape index (κ2) is 5.45. The maximum absolute atomic E-state index is 9.63. The highest BCUT2D eigenvalue weighted by Crippen LogP contribution is 2.43. The highest BCUT2D eigenvalue weighted by atomic mass is 14.4. The van der Waals surface area contributed by atoms with E-state index in [1.807, 2.05) is 24.3 Å². The van der Waals surface area contributed by atoms with Gasteiger partial charge in [0, 0.05) is 0 Å². The molecular weight excluding hydrogens is 232 g/mol. The summed E-state index contributed by atoms with van der Waals surface area (Å²) < 4.78 is 0. The smallest absolute Gasteiger partial charge is 0.0991 e. The first-order valence-electron chi connectivity index (χ1n) is 7.03. The molecule has 0 saturated heterocycles. The molecule has 19 heavy (non-hydrogen) atoms. The largest absolute Gasteiger partial charge is 0.197 e. The van der Waals surface area contributed by atoms with Gasteiger partial charge in [-0.05, 0) is 55.2 Å². The molecule has 1 aromatic carbocycles. The third-order valence-corrected chi connectivity index (χ3v) is 4.61. The molecule has 1 saturated carbocycles. The molecule has 1 aliphatic carbocycles. The number of rotatable bonds is 2. The topological polar surface area (TPSA) is 47.6 Å². The van der Waals surface area contributed by atoms with E-state index in [-0.39, 0.29) is 5.41 Å². The zero-order valence-electron chi connectivity index (χ0n) is 11.7. The van der Waals surface area contributed by atoms with Crippen LogP contribution in [-0.4, -0.2) is 0 Å². The Morgan fingerprint density at radius 3 is 2.11 bits per heavy atom. The Morgan fingerprint density at radius 2 is 1.68 bits per heavy atom. The molecule has 2 rings (SSSR count). The summed E-state index contributed by atoms with van der Waals surface area (Å²) >= 11 is 0. The van der Waals surface area contributed by atoms with E-state index in [1.54, 1.807) is 0 Å². The summed E-state index contributed by atoms with van der Waals surface area (Å²) in [6.45, 7) is 4.54. The van der Waals surface area contributed by atoms with E-state index in [2.05, 4.69) is 26.0 Å². The van der Waals surface area contributed by atoms with Gasteiger partial charge in [0.1, 0.15) is 0 Å². The average Bonchev–Trinajstić information content (AvgIpc) is 2.47. The van der Waals surface area contributed by atoms with Crippen LogP contribution < -0.4 is 0 Å². The van der Waals surface area contributed by atoms with Crippen LogP contribution in [0.3, 0.4) is 0 Å². The van der Waals surface area contributed by atoms with Crippen molar-refractivity contribution in [3.05, 3.63) is 35.4 Å². The van der Waals surface area contributed by atoms with E-state index in [9.17, 15) is 5.26 Å². The number of benzene rings is 1. The Labute approximate surface area is 115 Å². The number of nitriles is 2. The van der Waals surface area contributed by atoms with Crippen LogP contribution in [0, 0.1) is 34.5 Å². The third-order valence-electron chi connectivity index (χ3n) is 4.61. The molecular formula is C17H20N2. The minimum Gasteiger partial charge on any atom is -0.197 e. The Bertz CT molecular complexity index is 506. The first kappa shape index (κ1) is 13.6. The van der Waals surface area contributed by atoms with E-state index in [0.717, 1.165) is 37.2 Å². The molecule has 2 heteroatoms. The summed E-state index contributed by atoms with van der Waals surface area (Å²) in [5.74, 6) is 1.46. The summed E-state index contributed by atoms with van der Waals surface area (Å²) in [6, 6.07) is 12.2. The predicted octanol–water partition coefficient (Wildman–Crippen LogP) is 4.17. The summed E-state index contributed by atoms with van der Waals surface area (Å²) in [4.78, 5) is 0. The van der Waals surface area contributed by atoms with Crippen LogP contribution in [0.25, 0.3) is 0 Å². The molecule has 0 aliphatic heterocycles. The third kappa shape index (κ3) is 2.64. The molecule has 0 unspecified atom stereocenters. The monoisotopic (exact) mass is 252 g/mol. The fourth-order valence-corrected chi connectivity index (χ4v) is 3.13. The van der Waals surface area contributed by atoms with Crippen LogP contribution in [-0.2, 0) is 5.41 Å². The summed E-state index contributed by atoms with van der Waals surface area (Å²) in [6.07, 6.45) is 4.15.